The maximum absolute atomic E-state index is 2.31. The third kappa shape index (κ3) is 1.40. The van der Waals surface area contributed by atoms with Crippen LogP contribution in [0.15, 0.2) is 35.7 Å². The smallest absolute Gasteiger partial charge is 0.122 e. The molecule has 62 valence electrons. The summed E-state index contributed by atoms with van der Waals surface area (Å²) in [5, 5.41) is 2.31. The third-order valence-corrected chi connectivity index (χ3v) is 3.63. The normalized spacial score (nSPS) is 20.9. The van der Waals surface area contributed by atoms with Crippen LogP contribution in [-0.2, 0) is 11.1 Å². The molecule has 0 amide bonds. The zero-order chi connectivity index (χ0) is 8.55. The molecule has 1 unspecified atom stereocenters. The van der Waals surface area contributed by atoms with Crippen LogP contribution in [-0.4, -0.2) is 18.4 Å². The lowest BCUT2D eigenvalue weighted by atomic mass is 10.2. The van der Waals surface area contributed by atoms with Crippen molar-refractivity contribution >= 4 is 16.0 Å². The van der Waals surface area contributed by atoms with Gasteiger partial charge in [0.15, 0.2) is 11.1 Å². The van der Waals surface area contributed by atoms with Crippen LogP contribution in [0, 0.1) is 0 Å². The molecule has 0 aliphatic carbocycles. The van der Waals surface area contributed by atoms with Gasteiger partial charge in [0, 0.05) is 19.7 Å². The summed E-state index contributed by atoms with van der Waals surface area (Å²) in [6.07, 6.45) is 0. The molecular formula is C10H12NS+. The van der Waals surface area contributed by atoms with E-state index in [9.17, 15) is 0 Å². The first-order valence-corrected chi connectivity index (χ1v) is 5.21. The highest BCUT2D eigenvalue weighted by atomic mass is 32.2. The summed E-state index contributed by atoms with van der Waals surface area (Å²) in [5.41, 5.74) is 1.37. The largest absolute Gasteiger partial charge is 0.238 e. The second kappa shape index (κ2) is 2.96. The van der Waals surface area contributed by atoms with E-state index in [1.165, 1.54) is 10.5 Å². The van der Waals surface area contributed by atoms with Crippen LogP contribution >= 0.6 is 0 Å². The van der Waals surface area contributed by atoms with Gasteiger partial charge in [0.05, 0.1) is 0 Å². The molecule has 0 spiro atoms. The Morgan fingerprint density at radius 3 is 2.25 bits per heavy atom. The van der Waals surface area contributed by atoms with E-state index in [0.29, 0.717) is 11.1 Å². The molecule has 1 aromatic rings. The Balaban J connectivity index is 2.11. The monoisotopic (exact) mass is 178 g/mol. The average Bonchev–Trinajstić information content (AvgIpc) is 2.84. The zero-order valence-electron chi connectivity index (χ0n) is 7.32. The number of rotatable bonds is 2. The van der Waals surface area contributed by atoms with Crippen molar-refractivity contribution in [2.75, 3.05) is 14.1 Å². The van der Waals surface area contributed by atoms with Gasteiger partial charge in [-0.05, 0) is 12.1 Å². The van der Waals surface area contributed by atoms with Crippen LogP contribution in [0.25, 0.3) is 4.91 Å². The molecule has 1 aliphatic rings. The first-order chi connectivity index (χ1) is 5.79. The van der Waals surface area contributed by atoms with Gasteiger partial charge in [-0.2, -0.15) is 0 Å². The lowest BCUT2D eigenvalue weighted by Crippen LogP contribution is -2.11. The fourth-order valence-electron chi connectivity index (χ4n) is 1.17. The molecule has 1 aliphatic heterocycles. The van der Waals surface area contributed by atoms with E-state index in [-0.39, 0.29) is 0 Å². The van der Waals surface area contributed by atoms with E-state index in [0.717, 1.165) is 0 Å². The number of hydrogen-bond acceptors (Lipinski definition) is 1. The lowest BCUT2D eigenvalue weighted by Gasteiger charge is -1.96. The minimum Gasteiger partial charge on any atom is -0.122 e. The number of benzene rings is 1. The molecule has 0 N–H and O–H groups in total. The maximum atomic E-state index is 2.31. The van der Waals surface area contributed by atoms with Crippen molar-refractivity contribution in [2.45, 2.75) is 0 Å². The SMILES string of the molecule is CN(C)[S+]1C=C1c1ccccc1. The standard InChI is InChI=1S/C10H12NS/c1-11(2)12-8-10(12)9-6-4-3-5-7-9/h3-8H,1-2H3/q+1. The second-order valence-electron chi connectivity index (χ2n) is 2.98. The lowest BCUT2D eigenvalue weighted by molar-refractivity contribution is 0.701. The van der Waals surface area contributed by atoms with Gasteiger partial charge in [-0.3, -0.25) is 0 Å². The van der Waals surface area contributed by atoms with Gasteiger partial charge in [0.2, 0.25) is 10.3 Å². The van der Waals surface area contributed by atoms with Crippen molar-refractivity contribution in [1.29, 1.82) is 0 Å². The fraction of sp³-hybridized carbons (Fsp3) is 0.200. The molecule has 0 aromatic heterocycles. The van der Waals surface area contributed by atoms with Gasteiger partial charge in [-0.1, -0.05) is 18.2 Å². The molecule has 1 heterocycles. The first kappa shape index (κ1) is 7.90. The van der Waals surface area contributed by atoms with Crippen LogP contribution in [0.2, 0.25) is 0 Å². The predicted molar refractivity (Wildman–Crippen MR) is 55.5 cm³/mol. The highest BCUT2D eigenvalue weighted by molar-refractivity contribution is 8.13. The van der Waals surface area contributed by atoms with E-state index in [4.69, 9.17) is 0 Å². The zero-order valence-corrected chi connectivity index (χ0v) is 8.14. The van der Waals surface area contributed by atoms with Crippen molar-refractivity contribution in [3.63, 3.8) is 0 Å². The molecule has 0 fully saturated rings. The summed E-state index contributed by atoms with van der Waals surface area (Å²) in [5.74, 6) is 0. The third-order valence-electron chi connectivity index (χ3n) is 1.84. The topological polar surface area (TPSA) is 3.24 Å². The number of nitrogens with zero attached hydrogens (tertiary/aromatic N) is 1. The van der Waals surface area contributed by atoms with Crippen molar-refractivity contribution in [3.8, 4) is 0 Å². The second-order valence-corrected chi connectivity index (χ2v) is 5.01. The summed E-state index contributed by atoms with van der Waals surface area (Å²) in [4.78, 5) is 1.49. The summed E-state index contributed by atoms with van der Waals surface area (Å²) in [6.45, 7) is 0. The Labute approximate surface area is 76.2 Å². The van der Waals surface area contributed by atoms with Crippen LogP contribution in [0.3, 0.4) is 0 Å². The Morgan fingerprint density at radius 2 is 1.75 bits per heavy atom. The van der Waals surface area contributed by atoms with Crippen molar-refractivity contribution in [3.05, 3.63) is 41.3 Å². The Morgan fingerprint density at radius 1 is 1.08 bits per heavy atom. The molecule has 0 saturated heterocycles. The van der Waals surface area contributed by atoms with Gasteiger partial charge in [-0.15, -0.1) is 4.31 Å². The summed E-state index contributed by atoms with van der Waals surface area (Å²) in [6, 6.07) is 10.6. The minimum atomic E-state index is 0.319. The number of hydrogen-bond donors (Lipinski definition) is 0. The van der Waals surface area contributed by atoms with E-state index >= 15 is 0 Å². The molecule has 0 saturated carbocycles. The molecule has 2 rings (SSSR count). The van der Waals surface area contributed by atoms with E-state index in [2.05, 4.69) is 54.1 Å². The Hall–Kier alpha value is -0.730. The molecule has 1 aromatic carbocycles. The molecule has 2 heteroatoms. The highest BCUT2D eigenvalue weighted by Crippen LogP contribution is 2.38. The molecule has 0 bridgehead atoms. The van der Waals surface area contributed by atoms with Gasteiger partial charge in [-0.25, -0.2) is 0 Å². The van der Waals surface area contributed by atoms with Crippen LogP contribution < -0.4 is 0 Å². The van der Waals surface area contributed by atoms with Gasteiger partial charge in [0.1, 0.15) is 0 Å². The molecular weight excluding hydrogens is 166 g/mol. The Bertz CT molecular complexity index is 303. The van der Waals surface area contributed by atoms with Crippen molar-refractivity contribution in [2.24, 2.45) is 0 Å². The van der Waals surface area contributed by atoms with Crippen molar-refractivity contribution in [1.82, 2.24) is 4.31 Å². The Kier molecular flexibility index (Phi) is 1.95. The van der Waals surface area contributed by atoms with Crippen LogP contribution in [0.4, 0.5) is 0 Å². The first-order valence-electron chi connectivity index (χ1n) is 3.97. The van der Waals surface area contributed by atoms with Gasteiger partial charge < -0.3 is 0 Å². The minimum absolute atomic E-state index is 0.319. The fourth-order valence-corrected chi connectivity index (χ4v) is 2.57. The maximum Gasteiger partial charge on any atom is 0.238 e. The van der Waals surface area contributed by atoms with Crippen LogP contribution in [0.5, 0.6) is 0 Å². The summed E-state index contributed by atoms with van der Waals surface area (Å²) >= 11 is 0.319. The summed E-state index contributed by atoms with van der Waals surface area (Å²) < 4.78 is 2.25. The molecule has 1 atom stereocenters. The average molecular weight is 178 g/mol. The van der Waals surface area contributed by atoms with E-state index in [1.807, 2.05) is 0 Å². The van der Waals surface area contributed by atoms with Gasteiger partial charge in [0.25, 0.3) is 0 Å². The summed E-state index contributed by atoms with van der Waals surface area (Å²) in [7, 11) is 4.24. The predicted octanol–water partition coefficient (Wildman–Crippen LogP) is 2.09. The molecule has 0 radical (unpaired) electrons. The molecule has 1 nitrogen and oxygen atoms in total. The van der Waals surface area contributed by atoms with Gasteiger partial charge >= 0.3 is 0 Å². The van der Waals surface area contributed by atoms with E-state index in [1.54, 1.807) is 0 Å². The highest BCUT2D eigenvalue weighted by Gasteiger charge is 2.43. The molecule has 12 heavy (non-hydrogen) atoms. The van der Waals surface area contributed by atoms with Crippen molar-refractivity contribution < 1.29 is 0 Å². The quantitative estimate of drug-likeness (QED) is 0.627. The van der Waals surface area contributed by atoms with Crippen LogP contribution in [0.1, 0.15) is 5.56 Å². The van der Waals surface area contributed by atoms with E-state index < -0.39 is 0 Å².